The minimum atomic E-state index is -1.36. The second-order valence-electron chi connectivity index (χ2n) is 12.3. The molecule has 242 valence electrons. The van der Waals surface area contributed by atoms with E-state index in [1.165, 1.54) is 11.3 Å². The van der Waals surface area contributed by atoms with Crippen LogP contribution in [0.3, 0.4) is 0 Å². The third kappa shape index (κ3) is 8.83. The molecule has 1 saturated heterocycles. The molecule has 1 aliphatic carbocycles. The molecule has 11 heteroatoms. The van der Waals surface area contributed by atoms with E-state index in [4.69, 9.17) is 4.74 Å². The highest BCUT2D eigenvalue weighted by molar-refractivity contribution is 6.01. The van der Waals surface area contributed by atoms with Gasteiger partial charge in [0.05, 0.1) is 0 Å². The SMILES string of the molecule is CCCCCC/C=C\C1C[C@]1(NC(=O)[C@@H]1CCCN1C(=O)CNC(=O)O[C@H](C(=O)c1ccc(N(C)C)cc1)C(C)C)C(=O)O. The summed E-state index contributed by atoms with van der Waals surface area (Å²) in [6.07, 6.45) is 8.55. The lowest BCUT2D eigenvalue weighted by Crippen LogP contribution is -2.54. The summed E-state index contributed by atoms with van der Waals surface area (Å²) in [4.78, 5) is 67.3. The molecule has 1 aromatic rings. The number of carbonyl (C=O) groups excluding carboxylic acids is 4. The van der Waals surface area contributed by atoms with Gasteiger partial charge in [0, 0.05) is 37.8 Å². The van der Waals surface area contributed by atoms with E-state index in [0.29, 0.717) is 31.4 Å². The summed E-state index contributed by atoms with van der Waals surface area (Å²) in [5.41, 5.74) is -0.0287. The number of carboxylic acid groups (broad SMARTS) is 1. The molecule has 1 aliphatic heterocycles. The number of ketones is 1. The number of hydrogen-bond donors (Lipinski definition) is 3. The predicted octanol–water partition coefficient (Wildman–Crippen LogP) is 4.16. The number of likely N-dealkylation sites (tertiary alicyclic amines) is 1. The molecule has 4 atom stereocenters. The average molecular weight is 613 g/mol. The molecule has 3 N–H and O–H groups in total. The molecule has 11 nitrogen and oxygen atoms in total. The first-order valence-electron chi connectivity index (χ1n) is 15.7. The number of carbonyl (C=O) groups is 5. The number of carboxylic acids is 1. The van der Waals surface area contributed by atoms with Crippen molar-refractivity contribution < 1.29 is 33.8 Å². The Labute approximate surface area is 260 Å². The molecule has 2 fully saturated rings. The molecule has 1 saturated carbocycles. The Kier molecular flexibility index (Phi) is 12.4. The first-order chi connectivity index (χ1) is 20.9. The van der Waals surface area contributed by atoms with E-state index in [2.05, 4.69) is 17.6 Å². The van der Waals surface area contributed by atoms with Gasteiger partial charge in [-0.05, 0) is 62.3 Å². The minimum Gasteiger partial charge on any atom is -0.479 e. The zero-order valence-corrected chi connectivity index (χ0v) is 26.6. The number of rotatable bonds is 16. The van der Waals surface area contributed by atoms with Gasteiger partial charge < -0.3 is 30.3 Å². The molecule has 44 heavy (non-hydrogen) atoms. The van der Waals surface area contributed by atoms with Crippen molar-refractivity contribution >= 4 is 35.3 Å². The van der Waals surface area contributed by atoms with Crippen LogP contribution in [0.2, 0.25) is 0 Å². The van der Waals surface area contributed by atoms with Crippen LogP contribution in [0.5, 0.6) is 0 Å². The zero-order valence-electron chi connectivity index (χ0n) is 26.6. The number of nitrogens with zero attached hydrogens (tertiary/aromatic N) is 2. The zero-order chi connectivity index (χ0) is 32.4. The van der Waals surface area contributed by atoms with Crippen LogP contribution in [-0.4, -0.2) is 84.5 Å². The van der Waals surface area contributed by atoms with Crippen LogP contribution in [0.1, 0.15) is 82.5 Å². The Balaban J connectivity index is 1.53. The molecule has 0 spiro atoms. The Morgan fingerprint density at radius 3 is 2.43 bits per heavy atom. The van der Waals surface area contributed by atoms with Gasteiger partial charge in [0.15, 0.2) is 6.10 Å². The maximum absolute atomic E-state index is 13.2. The van der Waals surface area contributed by atoms with Crippen molar-refractivity contribution in [2.45, 2.75) is 89.8 Å². The summed E-state index contributed by atoms with van der Waals surface area (Å²) in [6.45, 7) is 5.56. The van der Waals surface area contributed by atoms with E-state index in [1.54, 1.807) is 38.1 Å². The van der Waals surface area contributed by atoms with E-state index >= 15 is 0 Å². The van der Waals surface area contributed by atoms with E-state index in [1.807, 2.05) is 31.1 Å². The quantitative estimate of drug-likeness (QED) is 0.143. The highest BCUT2D eigenvalue weighted by Gasteiger charge is 2.61. The van der Waals surface area contributed by atoms with E-state index < -0.39 is 48.1 Å². The second-order valence-corrected chi connectivity index (χ2v) is 12.3. The Morgan fingerprint density at radius 1 is 1.11 bits per heavy atom. The number of alkyl carbamates (subject to hydrolysis) is 1. The molecular formula is C33H48N4O7. The largest absolute Gasteiger partial charge is 0.479 e. The Morgan fingerprint density at radius 2 is 1.82 bits per heavy atom. The van der Waals surface area contributed by atoms with Crippen molar-refractivity contribution in [1.29, 1.82) is 0 Å². The molecule has 2 aliphatic rings. The highest BCUT2D eigenvalue weighted by Crippen LogP contribution is 2.45. The molecule has 3 amide bonds. The minimum absolute atomic E-state index is 0.292. The van der Waals surface area contributed by atoms with Gasteiger partial charge in [-0.25, -0.2) is 9.59 Å². The standard InChI is InChI=1S/C33H48N4O7/c1-6-7-8-9-10-11-13-24-20-33(24,31(41)42)35-30(40)26-14-12-19-37(26)27(38)21-34-32(43)44-29(22(2)3)28(39)23-15-17-25(18-16-23)36(4)5/h11,13,15-18,22,24,26,29H,6-10,12,14,19-21H2,1-5H3,(H,34,43)(H,35,40)(H,41,42)/b13-11-/t24?,26-,29-,33+/m0/s1. The molecule has 1 unspecified atom stereocenters. The fourth-order valence-electron chi connectivity index (χ4n) is 5.54. The molecule has 0 bridgehead atoms. The number of Topliss-reactive ketones (excluding diaryl/α,β-unsaturated/α-hetero) is 1. The fourth-order valence-corrected chi connectivity index (χ4v) is 5.54. The summed E-state index contributed by atoms with van der Waals surface area (Å²) in [6, 6.07) is 6.14. The number of nitrogens with one attached hydrogen (secondary N) is 2. The molecule has 0 radical (unpaired) electrons. The number of aliphatic carboxylic acids is 1. The van der Waals surface area contributed by atoms with E-state index in [9.17, 15) is 29.1 Å². The third-order valence-electron chi connectivity index (χ3n) is 8.36. The topological polar surface area (TPSA) is 145 Å². The highest BCUT2D eigenvalue weighted by atomic mass is 16.6. The predicted molar refractivity (Wildman–Crippen MR) is 167 cm³/mol. The van der Waals surface area contributed by atoms with Gasteiger partial charge in [-0.1, -0.05) is 52.2 Å². The second kappa shape index (κ2) is 15.7. The van der Waals surface area contributed by atoms with Crippen molar-refractivity contribution in [2.75, 3.05) is 32.1 Å². The summed E-state index contributed by atoms with van der Waals surface area (Å²) in [7, 11) is 3.79. The Hall–Kier alpha value is -3.89. The summed E-state index contributed by atoms with van der Waals surface area (Å²) >= 11 is 0. The van der Waals surface area contributed by atoms with Crippen LogP contribution in [0.25, 0.3) is 0 Å². The van der Waals surface area contributed by atoms with Gasteiger partial charge in [-0.15, -0.1) is 0 Å². The van der Waals surface area contributed by atoms with Gasteiger partial charge in [0.25, 0.3) is 0 Å². The summed E-state index contributed by atoms with van der Waals surface area (Å²) < 4.78 is 5.43. The van der Waals surface area contributed by atoms with Crippen molar-refractivity contribution in [1.82, 2.24) is 15.5 Å². The van der Waals surface area contributed by atoms with Crippen molar-refractivity contribution in [2.24, 2.45) is 11.8 Å². The lowest BCUT2D eigenvalue weighted by atomic mass is 9.97. The van der Waals surface area contributed by atoms with Crippen LogP contribution in [0.4, 0.5) is 10.5 Å². The molecule has 1 heterocycles. The maximum atomic E-state index is 13.2. The smallest absolute Gasteiger partial charge is 0.408 e. The number of ether oxygens (including phenoxy) is 1. The van der Waals surface area contributed by atoms with Crippen LogP contribution < -0.4 is 15.5 Å². The molecular weight excluding hydrogens is 564 g/mol. The number of amides is 3. The van der Waals surface area contributed by atoms with Crippen LogP contribution in [0, 0.1) is 11.8 Å². The molecule has 3 rings (SSSR count). The lowest BCUT2D eigenvalue weighted by Gasteiger charge is -2.26. The number of benzene rings is 1. The van der Waals surface area contributed by atoms with E-state index in [-0.39, 0.29) is 17.6 Å². The summed E-state index contributed by atoms with van der Waals surface area (Å²) in [5, 5.41) is 15.0. The third-order valence-corrected chi connectivity index (χ3v) is 8.36. The first-order valence-corrected chi connectivity index (χ1v) is 15.7. The van der Waals surface area contributed by atoms with Crippen molar-refractivity contribution in [3.8, 4) is 0 Å². The summed E-state index contributed by atoms with van der Waals surface area (Å²) in [5.74, 6) is -3.04. The van der Waals surface area contributed by atoms with Gasteiger partial charge in [0.1, 0.15) is 18.1 Å². The van der Waals surface area contributed by atoms with Crippen molar-refractivity contribution in [3.05, 3.63) is 42.0 Å². The van der Waals surface area contributed by atoms with Gasteiger partial charge in [-0.3, -0.25) is 14.4 Å². The normalized spacial score (nSPS) is 21.6. The number of anilines is 1. The number of unbranched alkanes of at least 4 members (excludes halogenated alkanes) is 4. The van der Waals surface area contributed by atoms with Gasteiger partial charge in [-0.2, -0.15) is 0 Å². The van der Waals surface area contributed by atoms with Crippen LogP contribution in [-0.2, 0) is 19.1 Å². The fraction of sp³-hybridized carbons (Fsp3) is 0.606. The number of allylic oxidation sites excluding steroid dienone is 1. The number of hydrogen-bond acceptors (Lipinski definition) is 7. The van der Waals surface area contributed by atoms with E-state index in [0.717, 1.165) is 31.4 Å². The average Bonchev–Trinajstić information content (AvgIpc) is 3.45. The maximum Gasteiger partial charge on any atom is 0.408 e. The van der Waals surface area contributed by atoms with Crippen molar-refractivity contribution in [3.63, 3.8) is 0 Å². The first kappa shape index (κ1) is 34.6. The lowest BCUT2D eigenvalue weighted by molar-refractivity contribution is -0.145. The van der Waals surface area contributed by atoms with Crippen LogP contribution >= 0.6 is 0 Å². The van der Waals surface area contributed by atoms with Crippen LogP contribution in [0.15, 0.2) is 36.4 Å². The molecule has 0 aromatic heterocycles. The Bertz CT molecular complexity index is 1210. The van der Waals surface area contributed by atoms with Gasteiger partial charge in [0.2, 0.25) is 17.6 Å². The van der Waals surface area contributed by atoms with Gasteiger partial charge >= 0.3 is 12.1 Å². The molecule has 1 aromatic carbocycles. The monoisotopic (exact) mass is 612 g/mol.